The molecule has 1 aromatic heterocycles. The van der Waals surface area contributed by atoms with Gasteiger partial charge in [-0.2, -0.15) is 0 Å². The Morgan fingerprint density at radius 3 is 2.67 bits per heavy atom. The molecule has 0 spiro atoms. The van der Waals surface area contributed by atoms with Crippen LogP contribution in [0.15, 0.2) is 74.5 Å². The van der Waals surface area contributed by atoms with Gasteiger partial charge in [-0.1, -0.05) is 48.5 Å². The quantitative estimate of drug-likeness (QED) is 0.409. The van der Waals surface area contributed by atoms with Crippen molar-refractivity contribution in [2.75, 3.05) is 11.1 Å². The average Bonchev–Trinajstić information content (AvgIpc) is 2.72. The molecule has 0 fully saturated rings. The molecule has 7 nitrogen and oxygen atoms in total. The molecule has 2 aromatic carbocycles. The number of rotatable bonds is 7. The van der Waals surface area contributed by atoms with Crippen LogP contribution in [0.1, 0.15) is 12.5 Å². The first-order chi connectivity index (χ1) is 14.3. The fraction of sp³-hybridized carbons (Fsp3) is 0.150. The maximum absolute atomic E-state index is 12.7. The summed E-state index contributed by atoms with van der Waals surface area (Å²) in [6, 6.07) is 13.1. The van der Waals surface area contributed by atoms with E-state index in [0.29, 0.717) is 5.69 Å². The number of hydrogen-bond acceptors (Lipinski definition) is 6. The molecule has 0 unspecified atom stereocenters. The van der Waals surface area contributed by atoms with Gasteiger partial charge in [-0.15, -0.1) is 0 Å². The van der Waals surface area contributed by atoms with Crippen molar-refractivity contribution in [3.05, 3.63) is 75.7 Å². The normalized spacial score (nSPS) is 11.3. The Bertz CT molecular complexity index is 1240. The van der Waals surface area contributed by atoms with Crippen LogP contribution in [0.25, 0.3) is 0 Å². The number of carbonyl (C=O) groups is 1. The third kappa shape index (κ3) is 5.29. The third-order valence-electron chi connectivity index (χ3n) is 4.10. The van der Waals surface area contributed by atoms with Gasteiger partial charge < -0.3 is 10.3 Å². The largest absolute Gasteiger partial charge is 0.325 e. The number of H-pyrrole nitrogens is 1. The number of anilines is 1. The van der Waals surface area contributed by atoms with Crippen molar-refractivity contribution >= 4 is 44.8 Å². The Morgan fingerprint density at radius 2 is 1.97 bits per heavy atom. The van der Waals surface area contributed by atoms with Gasteiger partial charge in [0.1, 0.15) is 0 Å². The molecular formula is C20H18ClN3O4S2. The maximum Gasteiger partial charge on any atom is 0.270 e. The standard InChI is InChI=1S/C20H18ClN3O4S2/c1-2-13-5-3-7-15(9-13)23-18(25)12-29-20-22-11-17(19(26)24-20)30(27,28)16-8-4-6-14(21)10-16/h3-11H,2,12H2,1H3,(H,23,25)(H,22,24,26). The molecule has 156 valence electrons. The number of aromatic nitrogens is 2. The molecule has 2 N–H and O–H groups in total. The number of sulfone groups is 1. The molecule has 30 heavy (non-hydrogen) atoms. The molecule has 10 heteroatoms. The molecule has 0 aliphatic carbocycles. The number of halogens is 1. The van der Waals surface area contributed by atoms with E-state index in [9.17, 15) is 18.0 Å². The highest BCUT2D eigenvalue weighted by Gasteiger charge is 2.22. The highest BCUT2D eigenvalue weighted by Crippen LogP contribution is 2.21. The highest BCUT2D eigenvalue weighted by molar-refractivity contribution is 7.99. The van der Waals surface area contributed by atoms with Gasteiger partial charge in [0.05, 0.1) is 16.8 Å². The number of hydrogen-bond donors (Lipinski definition) is 2. The summed E-state index contributed by atoms with van der Waals surface area (Å²) >= 11 is 6.84. The molecular weight excluding hydrogens is 446 g/mol. The summed E-state index contributed by atoms with van der Waals surface area (Å²) in [5.41, 5.74) is 0.968. The number of thioether (sulfide) groups is 1. The molecule has 0 bridgehead atoms. The van der Waals surface area contributed by atoms with Crippen LogP contribution in [0.2, 0.25) is 5.02 Å². The summed E-state index contributed by atoms with van der Waals surface area (Å²) in [6.07, 6.45) is 1.84. The summed E-state index contributed by atoms with van der Waals surface area (Å²) in [4.78, 5) is 30.3. The van der Waals surface area contributed by atoms with Gasteiger partial charge in [-0.05, 0) is 42.3 Å². The molecule has 1 amide bonds. The molecule has 0 saturated heterocycles. The van der Waals surface area contributed by atoms with Gasteiger partial charge in [0.25, 0.3) is 5.56 Å². The van der Waals surface area contributed by atoms with Crippen molar-refractivity contribution < 1.29 is 13.2 Å². The second kappa shape index (κ2) is 9.46. The van der Waals surface area contributed by atoms with E-state index >= 15 is 0 Å². The van der Waals surface area contributed by atoms with Crippen molar-refractivity contribution in [1.82, 2.24) is 9.97 Å². The monoisotopic (exact) mass is 463 g/mol. The number of carbonyl (C=O) groups excluding carboxylic acids is 1. The van der Waals surface area contributed by atoms with E-state index in [2.05, 4.69) is 15.3 Å². The third-order valence-corrected chi connectivity index (χ3v) is 6.97. The Balaban J connectivity index is 1.69. The Hall–Kier alpha value is -2.62. The molecule has 3 aromatic rings. The number of nitrogens with zero attached hydrogens (tertiary/aromatic N) is 1. The van der Waals surface area contributed by atoms with Crippen LogP contribution in [0, 0.1) is 0 Å². The molecule has 0 atom stereocenters. The molecule has 0 aliphatic heterocycles. The Labute approximate surface area is 182 Å². The minimum Gasteiger partial charge on any atom is -0.325 e. The van der Waals surface area contributed by atoms with Crippen molar-refractivity contribution in [2.45, 2.75) is 28.3 Å². The van der Waals surface area contributed by atoms with Crippen molar-refractivity contribution in [3.8, 4) is 0 Å². The first kappa shape index (κ1) is 22.1. The minimum absolute atomic E-state index is 0.000315. The predicted molar refractivity (Wildman–Crippen MR) is 117 cm³/mol. The van der Waals surface area contributed by atoms with Gasteiger partial charge in [0.15, 0.2) is 10.1 Å². The molecule has 0 saturated carbocycles. The fourth-order valence-electron chi connectivity index (χ4n) is 2.59. The van der Waals surface area contributed by atoms with E-state index in [1.165, 1.54) is 24.3 Å². The first-order valence-electron chi connectivity index (χ1n) is 8.91. The summed E-state index contributed by atoms with van der Waals surface area (Å²) in [5, 5.41) is 3.16. The van der Waals surface area contributed by atoms with Crippen LogP contribution in [-0.4, -0.2) is 30.0 Å². The molecule has 0 radical (unpaired) electrons. The maximum atomic E-state index is 12.7. The van der Waals surface area contributed by atoms with E-state index in [1.54, 1.807) is 6.07 Å². The fourth-order valence-corrected chi connectivity index (χ4v) is 4.76. The number of nitrogens with one attached hydrogen (secondary N) is 2. The minimum atomic E-state index is -4.07. The van der Waals surface area contributed by atoms with E-state index in [4.69, 9.17) is 11.6 Å². The summed E-state index contributed by atoms with van der Waals surface area (Å²) in [6.45, 7) is 2.02. The van der Waals surface area contributed by atoms with E-state index in [1.807, 2.05) is 25.1 Å². The number of benzene rings is 2. The highest BCUT2D eigenvalue weighted by atomic mass is 35.5. The van der Waals surface area contributed by atoms with Crippen LogP contribution in [0.4, 0.5) is 5.69 Å². The SMILES string of the molecule is CCc1cccc(NC(=O)CSc2ncc(S(=O)(=O)c3cccc(Cl)c3)c(=O)[nH]2)c1. The number of amides is 1. The zero-order valence-electron chi connectivity index (χ0n) is 15.9. The van der Waals surface area contributed by atoms with Gasteiger partial charge in [-0.25, -0.2) is 13.4 Å². The van der Waals surface area contributed by atoms with Gasteiger partial charge in [0.2, 0.25) is 15.7 Å². The summed E-state index contributed by atoms with van der Waals surface area (Å²) < 4.78 is 25.3. The zero-order chi connectivity index (χ0) is 21.7. The lowest BCUT2D eigenvalue weighted by Gasteiger charge is -2.07. The van der Waals surface area contributed by atoms with Crippen molar-refractivity contribution in [3.63, 3.8) is 0 Å². The lowest BCUT2D eigenvalue weighted by atomic mass is 10.1. The van der Waals surface area contributed by atoms with Gasteiger partial charge >= 0.3 is 0 Å². The second-order valence-corrected chi connectivity index (χ2v) is 9.55. The smallest absolute Gasteiger partial charge is 0.270 e. The van der Waals surface area contributed by atoms with Gasteiger partial charge in [0, 0.05) is 10.7 Å². The number of aromatic amines is 1. The second-order valence-electron chi connectivity index (χ2n) is 6.23. The lowest BCUT2D eigenvalue weighted by Crippen LogP contribution is -2.20. The van der Waals surface area contributed by atoms with Crippen LogP contribution < -0.4 is 10.9 Å². The Kier molecular flexibility index (Phi) is 6.96. The van der Waals surface area contributed by atoms with Crippen LogP contribution in [0.5, 0.6) is 0 Å². The lowest BCUT2D eigenvalue weighted by molar-refractivity contribution is -0.113. The first-order valence-corrected chi connectivity index (χ1v) is 11.8. The molecule has 0 aliphatic rings. The topological polar surface area (TPSA) is 109 Å². The van der Waals surface area contributed by atoms with Crippen molar-refractivity contribution in [2.24, 2.45) is 0 Å². The summed E-state index contributed by atoms with van der Waals surface area (Å²) in [7, 11) is -4.07. The number of aryl methyl sites for hydroxylation is 1. The zero-order valence-corrected chi connectivity index (χ0v) is 18.3. The van der Waals surface area contributed by atoms with Gasteiger partial charge in [-0.3, -0.25) is 9.59 Å². The van der Waals surface area contributed by atoms with E-state index in [0.717, 1.165) is 29.9 Å². The van der Waals surface area contributed by atoms with Crippen LogP contribution in [0.3, 0.4) is 0 Å². The van der Waals surface area contributed by atoms with Crippen LogP contribution >= 0.6 is 23.4 Å². The van der Waals surface area contributed by atoms with E-state index < -0.39 is 20.3 Å². The average molecular weight is 464 g/mol. The van der Waals surface area contributed by atoms with E-state index in [-0.39, 0.29) is 26.7 Å². The van der Waals surface area contributed by atoms with Crippen molar-refractivity contribution in [1.29, 1.82) is 0 Å². The Morgan fingerprint density at radius 1 is 1.20 bits per heavy atom. The summed E-state index contributed by atoms with van der Waals surface area (Å²) in [5.74, 6) is -0.272. The van der Waals surface area contributed by atoms with Crippen LogP contribution in [-0.2, 0) is 21.1 Å². The molecule has 1 heterocycles. The molecule has 3 rings (SSSR count). The predicted octanol–water partition coefficient (Wildman–Crippen LogP) is 3.55.